The lowest BCUT2D eigenvalue weighted by Gasteiger charge is -2.23. The van der Waals surface area contributed by atoms with Crippen molar-refractivity contribution in [3.05, 3.63) is 34.9 Å². The molecule has 1 N–H and O–H groups in total. The second kappa shape index (κ2) is 8.92. The van der Waals surface area contributed by atoms with Crippen LogP contribution in [-0.4, -0.2) is 35.0 Å². The molecule has 0 aliphatic heterocycles. The highest BCUT2D eigenvalue weighted by Gasteiger charge is 2.26. The molecule has 4 nitrogen and oxygen atoms in total. The Balaban J connectivity index is 1.79. The molecule has 1 aromatic carbocycles. The Bertz CT molecular complexity index is 526. The van der Waals surface area contributed by atoms with E-state index in [9.17, 15) is 9.59 Å². The quantitative estimate of drug-likeness (QED) is 0.661. The zero-order valence-electron chi connectivity index (χ0n) is 13.3. The number of rotatable bonds is 10. The van der Waals surface area contributed by atoms with Crippen LogP contribution < -0.4 is 0 Å². The molecule has 0 unspecified atom stereocenters. The number of nitrogens with zero attached hydrogens (tertiary/aromatic N) is 1. The second-order valence-corrected chi connectivity index (χ2v) is 6.70. The highest BCUT2D eigenvalue weighted by atomic mass is 35.5. The maximum atomic E-state index is 12.4. The first kappa shape index (κ1) is 17.8. The third-order valence-electron chi connectivity index (χ3n) is 4.14. The van der Waals surface area contributed by atoms with Gasteiger partial charge in [-0.1, -0.05) is 23.7 Å². The summed E-state index contributed by atoms with van der Waals surface area (Å²) in [6.45, 7) is 1.56. The third-order valence-corrected chi connectivity index (χ3v) is 4.40. The summed E-state index contributed by atoms with van der Waals surface area (Å²) in [6.07, 6.45) is 5.04. The number of hydrogen-bond acceptors (Lipinski definition) is 2. The summed E-state index contributed by atoms with van der Waals surface area (Å²) in [5, 5.41) is 9.36. The van der Waals surface area contributed by atoms with Crippen LogP contribution >= 0.6 is 11.6 Å². The van der Waals surface area contributed by atoms with E-state index in [0.717, 1.165) is 24.5 Å². The number of hydrogen-bond donors (Lipinski definition) is 1. The van der Waals surface area contributed by atoms with Gasteiger partial charge in [-0.2, -0.15) is 0 Å². The molecule has 1 aliphatic carbocycles. The lowest BCUT2D eigenvalue weighted by Crippen LogP contribution is -2.34. The molecule has 1 aromatic rings. The summed E-state index contributed by atoms with van der Waals surface area (Å²) in [7, 11) is 0. The van der Waals surface area contributed by atoms with Gasteiger partial charge in [0.2, 0.25) is 5.91 Å². The average Bonchev–Trinajstić information content (AvgIpc) is 3.33. The van der Waals surface area contributed by atoms with Gasteiger partial charge in [0.1, 0.15) is 0 Å². The highest BCUT2D eigenvalue weighted by molar-refractivity contribution is 6.30. The Morgan fingerprint density at radius 2 is 1.78 bits per heavy atom. The molecule has 1 aliphatic rings. The van der Waals surface area contributed by atoms with Gasteiger partial charge in [0.15, 0.2) is 0 Å². The standard InChI is InChI=1S/C18H24ClNO3/c19-16-9-7-14(8-10-16)11-12-20(13-15-5-6-15)17(21)3-1-2-4-18(22)23/h7-10,15H,1-6,11-13H2,(H,22,23). The van der Waals surface area contributed by atoms with Crippen LogP contribution in [0.15, 0.2) is 24.3 Å². The maximum Gasteiger partial charge on any atom is 0.303 e. The summed E-state index contributed by atoms with van der Waals surface area (Å²) >= 11 is 5.89. The zero-order valence-corrected chi connectivity index (χ0v) is 14.1. The molecule has 0 spiro atoms. The Labute approximate surface area is 142 Å². The number of amides is 1. The lowest BCUT2D eigenvalue weighted by atomic mass is 10.1. The molecule has 0 heterocycles. The van der Waals surface area contributed by atoms with Crippen LogP contribution in [0, 0.1) is 5.92 Å². The average molecular weight is 338 g/mol. The minimum atomic E-state index is -0.796. The monoisotopic (exact) mass is 337 g/mol. The fourth-order valence-electron chi connectivity index (χ4n) is 2.56. The van der Waals surface area contributed by atoms with Crippen molar-refractivity contribution in [1.82, 2.24) is 4.90 Å². The van der Waals surface area contributed by atoms with Crippen molar-refractivity contribution >= 4 is 23.5 Å². The van der Waals surface area contributed by atoms with Gasteiger partial charge < -0.3 is 10.0 Å². The maximum absolute atomic E-state index is 12.4. The number of carbonyl (C=O) groups excluding carboxylic acids is 1. The van der Waals surface area contributed by atoms with E-state index in [1.807, 2.05) is 29.2 Å². The molecule has 0 radical (unpaired) electrons. The van der Waals surface area contributed by atoms with Gasteiger partial charge in [0.25, 0.3) is 0 Å². The van der Waals surface area contributed by atoms with E-state index in [-0.39, 0.29) is 12.3 Å². The third kappa shape index (κ3) is 7.04. The summed E-state index contributed by atoms with van der Waals surface area (Å²) in [5.74, 6) is 0.00876. The first-order valence-corrected chi connectivity index (χ1v) is 8.66. The summed E-state index contributed by atoms with van der Waals surface area (Å²) in [6, 6.07) is 7.73. The SMILES string of the molecule is O=C(O)CCCCC(=O)N(CCc1ccc(Cl)cc1)CC1CC1. The molecule has 126 valence electrons. The van der Waals surface area contributed by atoms with Gasteiger partial charge in [-0.15, -0.1) is 0 Å². The van der Waals surface area contributed by atoms with E-state index >= 15 is 0 Å². The minimum absolute atomic E-state index is 0.140. The van der Waals surface area contributed by atoms with E-state index in [2.05, 4.69) is 0 Å². The van der Waals surface area contributed by atoms with Crippen LogP contribution in [0.3, 0.4) is 0 Å². The number of benzene rings is 1. The van der Waals surface area contributed by atoms with E-state index in [1.54, 1.807) is 0 Å². The molecule has 1 fully saturated rings. The number of carbonyl (C=O) groups is 2. The van der Waals surface area contributed by atoms with Crippen LogP contribution in [0.1, 0.15) is 44.1 Å². The first-order chi connectivity index (χ1) is 11.0. The second-order valence-electron chi connectivity index (χ2n) is 6.26. The van der Waals surface area contributed by atoms with Crippen LogP contribution in [0.4, 0.5) is 0 Å². The van der Waals surface area contributed by atoms with Crippen LogP contribution in [0.25, 0.3) is 0 Å². The number of carboxylic acids is 1. The molecular formula is C18H24ClNO3. The van der Waals surface area contributed by atoms with Gasteiger partial charge in [-0.05, 0) is 55.7 Å². The van der Waals surface area contributed by atoms with Gasteiger partial charge >= 0.3 is 5.97 Å². The number of halogens is 1. The first-order valence-electron chi connectivity index (χ1n) is 8.28. The van der Waals surface area contributed by atoms with E-state index < -0.39 is 5.97 Å². The number of unbranched alkanes of at least 4 members (excludes halogenated alkanes) is 1. The van der Waals surface area contributed by atoms with Crippen molar-refractivity contribution in [2.75, 3.05) is 13.1 Å². The molecule has 0 aromatic heterocycles. The van der Waals surface area contributed by atoms with Crippen molar-refractivity contribution in [3.63, 3.8) is 0 Å². The van der Waals surface area contributed by atoms with Gasteiger partial charge in [-0.3, -0.25) is 9.59 Å². The van der Waals surface area contributed by atoms with E-state index in [1.165, 1.54) is 18.4 Å². The van der Waals surface area contributed by atoms with Crippen LogP contribution in [0.2, 0.25) is 5.02 Å². The Morgan fingerprint density at radius 3 is 2.39 bits per heavy atom. The molecule has 2 rings (SSSR count). The molecule has 0 saturated heterocycles. The van der Waals surface area contributed by atoms with Gasteiger partial charge in [-0.25, -0.2) is 0 Å². The van der Waals surface area contributed by atoms with E-state index in [0.29, 0.717) is 25.2 Å². The topological polar surface area (TPSA) is 57.6 Å². The molecule has 0 atom stereocenters. The molecule has 23 heavy (non-hydrogen) atoms. The van der Waals surface area contributed by atoms with Gasteiger partial charge in [0, 0.05) is 31.0 Å². The van der Waals surface area contributed by atoms with Crippen molar-refractivity contribution in [2.24, 2.45) is 5.92 Å². The molecular weight excluding hydrogens is 314 g/mol. The highest BCUT2D eigenvalue weighted by Crippen LogP contribution is 2.30. The van der Waals surface area contributed by atoms with Crippen molar-refractivity contribution in [3.8, 4) is 0 Å². The predicted octanol–water partition coefficient (Wildman–Crippen LogP) is 3.77. The molecule has 0 bridgehead atoms. The van der Waals surface area contributed by atoms with Gasteiger partial charge in [0.05, 0.1) is 0 Å². The fourth-order valence-corrected chi connectivity index (χ4v) is 2.68. The van der Waals surface area contributed by atoms with Crippen LogP contribution in [0.5, 0.6) is 0 Å². The smallest absolute Gasteiger partial charge is 0.303 e. The Kier molecular flexibility index (Phi) is 6.90. The summed E-state index contributed by atoms with van der Waals surface area (Å²) in [4.78, 5) is 24.8. The van der Waals surface area contributed by atoms with Crippen molar-refractivity contribution in [1.29, 1.82) is 0 Å². The van der Waals surface area contributed by atoms with Crippen molar-refractivity contribution < 1.29 is 14.7 Å². The normalized spacial score (nSPS) is 13.8. The lowest BCUT2D eigenvalue weighted by molar-refractivity contribution is -0.137. The predicted molar refractivity (Wildman–Crippen MR) is 90.6 cm³/mol. The largest absolute Gasteiger partial charge is 0.481 e. The Morgan fingerprint density at radius 1 is 1.13 bits per heavy atom. The van der Waals surface area contributed by atoms with E-state index in [4.69, 9.17) is 16.7 Å². The minimum Gasteiger partial charge on any atom is -0.481 e. The van der Waals surface area contributed by atoms with Crippen LogP contribution in [-0.2, 0) is 16.0 Å². The molecule has 1 amide bonds. The fraction of sp³-hybridized carbons (Fsp3) is 0.556. The number of carboxylic acid groups (broad SMARTS) is 1. The number of aliphatic carboxylic acids is 1. The molecule has 1 saturated carbocycles. The van der Waals surface area contributed by atoms with Crippen molar-refractivity contribution in [2.45, 2.75) is 44.9 Å². The Hall–Kier alpha value is -1.55. The summed E-state index contributed by atoms with van der Waals surface area (Å²) < 4.78 is 0. The zero-order chi connectivity index (χ0) is 16.7. The summed E-state index contributed by atoms with van der Waals surface area (Å²) in [5.41, 5.74) is 1.17. The molecule has 5 heteroatoms.